The van der Waals surface area contributed by atoms with E-state index in [4.69, 9.17) is 4.74 Å². The van der Waals surface area contributed by atoms with Gasteiger partial charge in [0.15, 0.2) is 0 Å². The number of amidine groups is 1. The largest absolute Gasteiger partial charge is 0.442 e. The molecule has 0 bridgehead atoms. The molecular formula is C20H21BrN4O3S. The lowest BCUT2D eigenvalue weighted by Gasteiger charge is -2.19. The molecule has 1 N–H and O–H groups in total. The molecule has 0 aliphatic carbocycles. The fourth-order valence-corrected chi connectivity index (χ4v) is 4.73. The molecule has 2 amide bonds. The molecular weight excluding hydrogens is 456 g/mol. The molecule has 1 fully saturated rings. The Morgan fingerprint density at radius 1 is 1.31 bits per heavy atom. The first-order valence-electron chi connectivity index (χ1n) is 9.46. The number of hydrogen-bond donors (Lipinski definition) is 1. The molecule has 152 valence electrons. The Kier molecular flexibility index (Phi) is 5.86. The van der Waals surface area contributed by atoms with Crippen LogP contribution in [0.4, 0.5) is 10.5 Å². The van der Waals surface area contributed by atoms with Crippen LogP contribution in [0.5, 0.6) is 0 Å². The van der Waals surface area contributed by atoms with Crippen molar-refractivity contribution >= 4 is 50.8 Å². The zero-order chi connectivity index (χ0) is 20.4. The first kappa shape index (κ1) is 19.9. The summed E-state index contributed by atoms with van der Waals surface area (Å²) in [6.45, 7) is 5.48. The molecule has 9 heteroatoms. The van der Waals surface area contributed by atoms with Crippen molar-refractivity contribution in [3.8, 4) is 0 Å². The van der Waals surface area contributed by atoms with E-state index in [9.17, 15) is 9.59 Å². The molecule has 0 unspecified atom stereocenters. The van der Waals surface area contributed by atoms with Crippen LogP contribution in [0.2, 0.25) is 0 Å². The smallest absolute Gasteiger partial charge is 0.414 e. The average Bonchev–Trinajstić information content (AvgIpc) is 3.46. The first-order chi connectivity index (χ1) is 14.0. The van der Waals surface area contributed by atoms with E-state index < -0.39 is 6.09 Å². The van der Waals surface area contributed by atoms with Gasteiger partial charge in [-0.25, -0.2) is 4.79 Å². The predicted octanol–water partition coefficient (Wildman–Crippen LogP) is 3.35. The summed E-state index contributed by atoms with van der Waals surface area (Å²) in [5, 5.41) is 2.83. The number of benzene rings is 1. The first-order valence-corrected chi connectivity index (χ1v) is 11.1. The van der Waals surface area contributed by atoms with Crippen molar-refractivity contribution in [2.45, 2.75) is 13.0 Å². The fraction of sp³-hybridized carbons (Fsp3) is 0.350. The van der Waals surface area contributed by atoms with E-state index in [1.165, 1.54) is 11.3 Å². The van der Waals surface area contributed by atoms with Gasteiger partial charge in [0.2, 0.25) is 0 Å². The molecule has 7 nitrogen and oxygen atoms in total. The number of anilines is 1. The lowest BCUT2D eigenvalue weighted by atomic mass is 10.1. The van der Waals surface area contributed by atoms with E-state index in [1.54, 1.807) is 11.0 Å². The minimum absolute atomic E-state index is 0.169. The zero-order valence-corrected chi connectivity index (χ0v) is 18.3. The lowest BCUT2D eigenvalue weighted by Crippen LogP contribution is -2.34. The highest BCUT2D eigenvalue weighted by atomic mass is 79.9. The molecule has 3 heterocycles. The van der Waals surface area contributed by atoms with E-state index >= 15 is 0 Å². The number of nitrogens with one attached hydrogen (secondary N) is 1. The Balaban J connectivity index is 1.36. The predicted molar refractivity (Wildman–Crippen MR) is 117 cm³/mol. The van der Waals surface area contributed by atoms with Crippen LogP contribution in [0.15, 0.2) is 45.2 Å². The van der Waals surface area contributed by atoms with E-state index in [0.717, 1.165) is 40.5 Å². The van der Waals surface area contributed by atoms with Gasteiger partial charge in [-0.3, -0.25) is 14.7 Å². The molecule has 4 rings (SSSR count). The van der Waals surface area contributed by atoms with Gasteiger partial charge in [0, 0.05) is 24.3 Å². The summed E-state index contributed by atoms with van der Waals surface area (Å²) in [5.74, 6) is 0.834. The third kappa shape index (κ3) is 4.30. The standard InChI is InChI=1S/C20H21BrN4O3S/c1-2-24-10-9-22-18(24)13-3-5-14(6-4-13)25-12-15(28-20(25)27)11-23-19(26)16-7-8-17(21)29-16/h3-8,15H,2,9-12H2,1H3,(H,23,26)/t15-/m0/s1. The Labute approximate surface area is 181 Å². The Morgan fingerprint density at radius 2 is 2.10 bits per heavy atom. The highest BCUT2D eigenvalue weighted by Gasteiger charge is 2.32. The minimum atomic E-state index is -0.399. The molecule has 29 heavy (non-hydrogen) atoms. The Morgan fingerprint density at radius 3 is 2.79 bits per heavy atom. The number of amides is 2. The number of nitrogens with zero attached hydrogens (tertiary/aromatic N) is 3. The normalized spacial score (nSPS) is 18.8. The number of rotatable bonds is 6. The number of aliphatic imine (C=N–C) groups is 1. The summed E-state index contributed by atoms with van der Waals surface area (Å²) in [7, 11) is 0. The molecule has 2 aliphatic rings. The van der Waals surface area contributed by atoms with E-state index in [0.29, 0.717) is 11.4 Å². The summed E-state index contributed by atoms with van der Waals surface area (Å²) in [5.41, 5.74) is 1.82. The molecule has 1 saturated heterocycles. The van der Waals surface area contributed by atoms with Crippen molar-refractivity contribution in [1.82, 2.24) is 10.2 Å². The SMILES string of the molecule is CCN1CCN=C1c1ccc(N2C[C@H](CNC(=O)c3ccc(Br)s3)OC2=O)cc1. The number of likely N-dealkylation sites (N-methyl/N-ethyl adjacent to an activating group) is 1. The molecule has 1 atom stereocenters. The number of cyclic esters (lactones) is 1. The van der Waals surface area contributed by atoms with Crippen LogP contribution in [0, 0.1) is 0 Å². The maximum absolute atomic E-state index is 12.3. The number of carbonyl (C=O) groups excluding carboxylic acids is 2. The van der Waals surface area contributed by atoms with Crippen molar-refractivity contribution < 1.29 is 14.3 Å². The van der Waals surface area contributed by atoms with E-state index in [2.05, 4.69) is 38.1 Å². The topological polar surface area (TPSA) is 74.2 Å². The number of halogens is 1. The summed E-state index contributed by atoms with van der Waals surface area (Å²) in [6.07, 6.45) is -0.784. The van der Waals surface area contributed by atoms with Gasteiger partial charge in [-0.1, -0.05) is 0 Å². The minimum Gasteiger partial charge on any atom is -0.442 e. The zero-order valence-electron chi connectivity index (χ0n) is 15.9. The van der Waals surface area contributed by atoms with Crippen molar-refractivity contribution in [3.05, 3.63) is 50.6 Å². The van der Waals surface area contributed by atoms with Gasteiger partial charge in [-0.15, -0.1) is 11.3 Å². The van der Waals surface area contributed by atoms with Crippen LogP contribution >= 0.6 is 27.3 Å². The number of carbonyl (C=O) groups is 2. The molecule has 0 spiro atoms. The van der Waals surface area contributed by atoms with Crippen molar-refractivity contribution in [2.75, 3.05) is 37.6 Å². The number of thiophene rings is 1. The van der Waals surface area contributed by atoms with Gasteiger partial charge in [0.25, 0.3) is 5.91 Å². The van der Waals surface area contributed by atoms with Gasteiger partial charge < -0.3 is 15.0 Å². The van der Waals surface area contributed by atoms with Crippen molar-refractivity contribution in [1.29, 1.82) is 0 Å². The second-order valence-electron chi connectivity index (χ2n) is 6.76. The van der Waals surface area contributed by atoms with Crippen LogP contribution in [0.25, 0.3) is 0 Å². The molecule has 0 saturated carbocycles. The summed E-state index contributed by atoms with van der Waals surface area (Å²) >= 11 is 4.71. The van der Waals surface area contributed by atoms with Crippen LogP contribution in [-0.2, 0) is 4.74 Å². The number of ether oxygens (including phenoxy) is 1. The fourth-order valence-electron chi connectivity index (χ4n) is 3.42. The second-order valence-corrected chi connectivity index (χ2v) is 9.23. The third-order valence-electron chi connectivity index (χ3n) is 4.91. The summed E-state index contributed by atoms with van der Waals surface area (Å²) in [4.78, 5) is 33.5. The van der Waals surface area contributed by atoms with Crippen molar-refractivity contribution in [3.63, 3.8) is 0 Å². The van der Waals surface area contributed by atoms with Crippen LogP contribution in [0.3, 0.4) is 0 Å². The van der Waals surface area contributed by atoms with Crippen molar-refractivity contribution in [2.24, 2.45) is 4.99 Å². The van der Waals surface area contributed by atoms with E-state index in [-0.39, 0.29) is 18.6 Å². The summed E-state index contributed by atoms with van der Waals surface area (Å²) in [6, 6.07) is 11.4. The maximum atomic E-state index is 12.3. The van der Waals surface area contributed by atoms with Crippen LogP contribution in [0.1, 0.15) is 22.2 Å². The number of hydrogen-bond acceptors (Lipinski definition) is 6. The second kappa shape index (κ2) is 8.54. The summed E-state index contributed by atoms with van der Waals surface area (Å²) < 4.78 is 6.32. The van der Waals surface area contributed by atoms with E-state index in [1.807, 2.05) is 30.3 Å². The van der Waals surface area contributed by atoms with Gasteiger partial charge >= 0.3 is 6.09 Å². The van der Waals surface area contributed by atoms with Crippen LogP contribution in [-0.4, -0.2) is 61.6 Å². The lowest BCUT2D eigenvalue weighted by molar-refractivity contribution is 0.0920. The third-order valence-corrected chi connectivity index (χ3v) is 6.53. The highest BCUT2D eigenvalue weighted by Crippen LogP contribution is 2.24. The molecule has 2 aromatic rings. The molecule has 2 aliphatic heterocycles. The molecule has 0 radical (unpaired) electrons. The van der Waals surface area contributed by atoms with Crippen LogP contribution < -0.4 is 10.2 Å². The maximum Gasteiger partial charge on any atom is 0.414 e. The van der Waals surface area contributed by atoms with Gasteiger partial charge in [0.05, 0.1) is 28.3 Å². The van der Waals surface area contributed by atoms with Gasteiger partial charge in [-0.2, -0.15) is 0 Å². The van der Waals surface area contributed by atoms with Gasteiger partial charge in [0.1, 0.15) is 11.9 Å². The molecule has 1 aromatic carbocycles. The molecule has 1 aromatic heterocycles. The Bertz CT molecular complexity index is 943. The highest BCUT2D eigenvalue weighted by molar-refractivity contribution is 9.11. The monoisotopic (exact) mass is 476 g/mol. The Hall–Kier alpha value is -2.39. The average molecular weight is 477 g/mol. The van der Waals surface area contributed by atoms with Gasteiger partial charge in [-0.05, 0) is 59.3 Å². The quantitative estimate of drug-likeness (QED) is 0.693.